The van der Waals surface area contributed by atoms with Gasteiger partial charge < -0.3 is 89.0 Å². The molecule has 0 radical (unpaired) electrons. The normalized spacial score (nSPS) is 9.65. The summed E-state index contributed by atoms with van der Waals surface area (Å²) in [7, 11) is 2.57. The van der Waals surface area contributed by atoms with Gasteiger partial charge in [0, 0.05) is 0 Å². The van der Waals surface area contributed by atoms with Gasteiger partial charge in [0.25, 0.3) is 0 Å². The van der Waals surface area contributed by atoms with Crippen molar-refractivity contribution in [2.24, 2.45) is 0 Å². The lowest BCUT2D eigenvalue weighted by molar-refractivity contribution is 0.0370. The Kier molecular flexibility index (Phi) is 51.2. The molecular formula is C88H104O27. The van der Waals surface area contributed by atoms with Gasteiger partial charge in [-0.3, -0.25) is 0 Å². The van der Waals surface area contributed by atoms with Crippen LogP contribution in [0, 0.1) is 0 Å². The van der Waals surface area contributed by atoms with Crippen LogP contribution in [0.2, 0.25) is 0 Å². The highest BCUT2D eigenvalue weighted by Gasteiger charge is 2.17. The zero-order valence-electron chi connectivity index (χ0n) is 65.9. The van der Waals surface area contributed by atoms with E-state index >= 15 is 0 Å². The first-order valence-corrected chi connectivity index (χ1v) is 36.6. The van der Waals surface area contributed by atoms with Gasteiger partial charge in [-0.25, -0.2) is 43.2 Å². The number of methoxy groups -OCH3 is 2. The Morgan fingerprint density at radius 3 is 0.826 bits per heavy atom. The third-order valence-corrected chi connectivity index (χ3v) is 14.4. The lowest BCUT2D eigenvalue weighted by atomic mass is 10.2. The molecule has 0 aromatic heterocycles. The van der Waals surface area contributed by atoms with Crippen molar-refractivity contribution in [1.29, 1.82) is 0 Å². The van der Waals surface area contributed by atoms with Crippen LogP contribution in [0.4, 0.5) is 0 Å². The van der Waals surface area contributed by atoms with Crippen molar-refractivity contribution >= 4 is 53.7 Å². The summed E-state index contributed by atoms with van der Waals surface area (Å²) in [6, 6.07) is 55.9. The van der Waals surface area contributed by atoms with E-state index in [9.17, 15) is 73.8 Å². The molecule has 10 N–H and O–H groups in total. The van der Waals surface area contributed by atoms with Gasteiger partial charge in [-0.1, -0.05) is 163 Å². The van der Waals surface area contributed by atoms with Crippen LogP contribution in [-0.4, -0.2) is 158 Å². The quantitative estimate of drug-likeness (QED) is 0.0144. The minimum atomic E-state index is -1.03. The van der Waals surface area contributed by atoms with Crippen LogP contribution in [0.5, 0.6) is 51.7 Å². The van der Waals surface area contributed by atoms with Gasteiger partial charge in [0.2, 0.25) is 0 Å². The number of hydrogen-bond acceptors (Lipinski definition) is 26. The number of phenolic OH excluding ortho intramolecular Hbond substituents is 9. The molecule has 0 unspecified atom stereocenters. The van der Waals surface area contributed by atoms with E-state index < -0.39 is 53.7 Å². The van der Waals surface area contributed by atoms with Gasteiger partial charge in [0.1, 0.15) is 90.7 Å². The van der Waals surface area contributed by atoms with Gasteiger partial charge in [-0.15, -0.1) is 0 Å². The number of carbonyl (C=O) groups is 9. The summed E-state index contributed by atoms with van der Waals surface area (Å²) in [4.78, 5) is 99.9. The number of rotatable bonds is 25. The number of ether oxygens (including phenoxy) is 8. The number of carboxylic acid groups (broad SMARTS) is 1. The summed E-state index contributed by atoms with van der Waals surface area (Å²) < 4.78 is 38.4. The van der Waals surface area contributed by atoms with E-state index in [4.69, 9.17) is 48.8 Å². The Bertz CT molecular complexity index is 4380. The molecule has 0 aliphatic carbocycles. The second-order valence-electron chi connectivity index (χ2n) is 23.8. The number of unbranched alkanes of at least 4 members (excludes halogenated alkanes) is 6. The van der Waals surface area contributed by atoms with Crippen molar-refractivity contribution in [2.45, 2.75) is 119 Å². The monoisotopic (exact) mass is 1590 g/mol. The number of benzene rings is 9. The standard InChI is InChI=1S/C13H18O3.C12H16O3.C11H14O3.2C10H12O3.C9H10O3.2C8H8O3.C7H6O3/c1-2-3-4-7-10-16-13(15)11-8-5-6-9-12(11)14;1-2-3-6-9-15-12(14)10-7-4-5-8-11(10)13;1-2-3-8-14-11(13)9-6-4-5-7-10(9)12;1-7(2)13-10(12)8-5-3-4-6-9(8)11;1-2-7-13-10(12)8-5-3-4-6-9(8)11;1-2-12-9(11)7-5-3-4-6-8(7)10;1-11-8(10)6-3-2-4-7(9)5-6;1-11-8(10)6-4-2-3-5-7(6)9;8-6-3-1-2-5(4-6)7(9)10/h5-6,8-9,14H,2-4,7,10H2,1H3;4-5,7-8,13H,2-3,6,9H2,1H3;4-7,12H,2-3,8H2,1H3;3-7,11H,1-2H3;3-6,11H,2,7H2,1H3;3-6,10H,2H2,1H3;2*2-5,9H,1H3;1-4,8H,(H,9,10). The zero-order valence-corrected chi connectivity index (χ0v) is 65.9. The summed E-state index contributed by atoms with van der Waals surface area (Å²) in [5.41, 5.74) is 1.96. The number of aromatic carboxylic acids is 1. The molecule has 9 aromatic rings. The molecule has 115 heavy (non-hydrogen) atoms. The molecule has 27 heteroatoms. The topological polar surface area (TPSA) is 430 Å². The second kappa shape index (κ2) is 59.3. The predicted molar refractivity (Wildman–Crippen MR) is 429 cm³/mol. The van der Waals surface area contributed by atoms with Crippen LogP contribution in [0.15, 0.2) is 218 Å². The van der Waals surface area contributed by atoms with Crippen molar-refractivity contribution in [2.75, 3.05) is 47.3 Å². The Hall–Kier alpha value is -13.6. The molecule has 618 valence electrons. The summed E-state index contributed by atoms with van der Waals surface area (Å²) in [6.07, 6.45) is 9.72. The van der Waals surface area contributed by atoms with Crippen LogP contribution in [-0.2, 0) is 37.9 Å². The molecule has 0 saturated heterocycles. The van der Waals surface area contributed by atoms with Gasteiger partial charge in [-0.2, -0.15) is 0 Å². The predicted octanol–water partition coefficient (Wildman–Crippen LogP) is 17.2. The fraction of sp³-hybridized carbons (Fsp3) is 0.284. The van der Waals surface area contributed by atoms with Crippen LogP contribution >= 0.6 is 0 Å². The van der Waals surface area contributed by atoms with Gasteiger partial charge >= 0.3 is 53.7 Å². The molecule has 0 atom stereocenters. The van der Waals surface area contributed by atoms with E-state index in [0.29, 0.717) is 38.6 Å². The Labute approximate surface area is 669 Å². The van der Waals surface area contributed by atoms with E-state index in [2.05, 4.69) is 23.3 Å². The van der Waals surface area contributed by atoms with Crippen LogP contribution < -0.4 is 0 Å². The average molecular weight is 1590 g/mol. The number of aromatic hydroxyl groups is 9. The summed E-state index contributed by atoms with van der Waals surface area (Å²) >= 11 is 0. The fourth-order valence-corrected chi connectivity index (χ4v) is 8.54. The number of esters is 8. The zero-order chi connectivity index (χ0) is 85.9. The van der Waals surface area contributed by atoms with Crippen molar-refractivity contribution < 1.29 is 132 Å². The second-order valence-corrected chi connectivity index (χ2v) is 23.8. The molecule has 9 rings (SSSR count). The molecule has 0 amide bonds. The lowest BCUT2D eigenvalue weighted by Crippen LogP contribution is -2.11. The van der Waals surface area contributed by atoms with Crippen molar-refractivity contribution in [3.63, 3.8) is 0 Å². The Morgan fingerprint density at radius 1 is 0.278 bits per heavy atom. The Balaban J connectivity index is 0.000000649. The molecule has 0 heterocycles. The molecule has 27 nitrogen and oxygen atoms in total. The number of phenols is 9. The third-order valence-electron chi connectivity index (χ3n) is 14.4. The number of carboxylic acids is 1. The minimum Gasteiger partial charge on any atom is -0.508 e. The number of para-hydroxylation sites is 7. The first kappa shape index (κ1) is 99.4. The van der Waals surface area contributed by atoms with E-state index in [0.717, 1.165) is 64.2 Å². The molecular weight excluding hydrogens is 1490 g/mol. The molecule has 0 bridgehead atoms. The van der Waals surface area contributed by atoms with E-state index in [1.165, 1.54) is 117 Å². The largest absolute Gasteiger partial charge is 0.508 e. The molecule has 0 spiro atoms. The molecule has 0 fully saturated rings. The van der Waals surface area contributed by atoms with E-state index in [-0.39, 0.29) is 102 Å². The molecule has 0 aliphatic heterocycles. The van der Waals surface area contributed by atoms with Crippen LogP contribution in [0.1, 0.15) is 206 Å². The average Bonchev–Trinajstić information content (AvgIpc) is 0.826. The van der Waals surface area contributed by atoms with Crippen molar-refractivity contribution in [1.82, 2.24) is 0 Å². The van der Waals surface area contributed by atoms with Gasteiger partial charge in [-0.05, 0) is 168 Å². The third kappa shape index (κ3) is 41.9. The lowest BCUT2D eigenvalue weighted by Gasteiger charge is -2.08. The molecule has 0 aliphatic rings. The first-order valence-electron chi connectivity index (χ1n) is 36.6. The van der Waals surface area contributed by atoms with Crippen LogP contribution in [0.3, 0.4) is 0 Å². The van der Waals surface area contributed by atoms with Gasteiger partial charge in [0.15, 0.2) is 0 Å². The summed E-state index contributed by atoms with van der Waals surface area (Å²) in [5, 5.41) is 91.2. The first-order chi connectivity index (χ1) is 55.1. The van der Waals surface area contributed by atoms with E-state index in [1.54, 1.807) is 136 Å². The number of hydrogen-bond donors (Lipinski definition) is 10. The summed E-state index contributed by atoms with van der Waals surface area (Å²) in [6.45, 7) is 15.3. The van der Waals surface area contributed by atoms with Crippen molar-refractivity contribution in [3.8, 4) is 51.7 Å². The van der Waals surface area contributed by atoms with E-state index in [1.807, 2.05) is 13.8 Å². The van der Waals surface area contributed by atoms with Crippen LogP contribution in [0.25, 0.3) is 0 Å². The van der Waals surface area contributed by atoms with Gasteiger partial charge in [0.05, 0.1) is 64.5 Å². The minimum absolute atomic E-state index is 0.0268. The number of carbonyl (C=O) groups excluding carboxylic acids is 8. The van der Waals surface area contributed by atoms with Crippen molar-refractivity contribution in [3.05, 3.63) is 268 Å². The maximum absolute atomic E-state index is 11.5. The maximum atomic E-state index is 11.5. The summed E-state index contributed by atoms with van der Waals surface area (Å²) in [5.74, 6) is -5.06. The highest BCUT2D eigenvalue weighted by Crippen LogP contribution is 2.23. The smallest absolute Gasteiger partial charge is 0.342 e. The SMILES string of the molecule is CC(C)OC(=O)c1ccccc1O.CCCCCCOC(=O)c1ccccc1O.CCCCCOC(=O)c1ccccc1O.CCCCOC(=O)c1ccccc1O.CCCOC(=O)c1ccccc1O.CCOC(=O)c1ccccc1O.COC(=O)c1cccc(O)c1.COC(=O)c1ccccc1O.O=C(O)c1cccc(O)c1. The highest BCUT2D eigenvalue weighted by molar-refractivity contribution is 5.96. The maximum Gasteiger partial charge on any atom is 0.342 e. The fourth-order valence-electron chi connectivity index (χ4n) is 8.54. The Morgan fingerprint density at radius 2 is 0.548 bits per heavy atom. The molecule has 9 aromatic carbocycles. The molecule has 0 saturated carbocycles. The highest BCUT2D eigenvalue weighted by atomic mass is 16.6.